The van der Waals surface area contributed by atoms with E-state index in [0.29, 0.717) is 0 Å². The van der Waals surface area contributed by atoms with Gasteiger partial charge in [0.2, 0.25) is 0 Å². The normalized spacial score (nSPS) is 16.9. The smallest absolute Gasteiger partial charge is 0.319 e. The molecule has 0 radical (unpaired) electrons. The number of nitrogens with zero attached hydrogens (tertiary/aromatic N) is 2. The van der Waals surface area contributed by atoms with Crippen LogP contribution >= 0.6 is 0 Å². The van der Waals surface area contributed by atoms with Crippen LogP contribution in [0.4, 0.5) is 4.79 Å². The van der Waals surface area contributed by atoms with Gasteiger partial charge in [-0.15, -0.1) is 0 Å². The first-order valence-electron chi connectivity index (χ1n) is 4.53. The molecule has 0 spiro atoms. The van der Waals surface area contributed by atoms with E-state index in [1.165, 1.54) is 19.3 Å². The largest absolute Gasteiger partial charge is 0.331 e. The van der Waals surface area contributed by atoms with Gasteiger partial charge in [0.25, 0.3) is 0 Å². The average Bonchev–Trinajstić information content (AvgIpc) is 1.94. The SMILES string of the molecule is CN(C)C(=O)N(C)CC1CCC1. The summed E-state index contributed by atoms with van der Waals surface area (Å²) in [5.74, 6) is 0.763. The molecule has 0 bridgehead atoms. The highest BCUT2D eigenvalue weighted by Crippen LogP contribution is 2.26. The fourth-order valence-electron chi connectivity index (χ4n) is 1.48. The zero-order chi connectivity index (χ0) is 9.14. The van der Waals surface area contributed by atoms with E-state index in [0.717, 1.165) is 12.5 Å². The number of hydrogen-bond acceptors (Lipinski definition) is 1. The molecule has 0 N–H and O–H groups in total. The van der Waals surface area contributed by atoms with Crippen molar-refractivity contribution in [2.45, 2.75) is 19.3 Å². The van der Waals surface area contributed by atoms with Gasteiger partial charge in [-0.2, -0.15) is 0 Å². The van der Waals surface area contributed by atoms with E-state index in [1.807, 2.05) is 11.9 Å². The molecule has 0 aromatic rings. The van der Waals surface area contributed by atoms with Crippen LogP contribution in [0.5, 0.6) is 0 Å². The Morgan fingerprint density at radius 3 is 2.25 bits per heavy atom. The van der Waals surface area contributed by atoms with Crippen molar-refractivity contribution in [3.8, 4) is 0 Å². The Bertz CT molecular complexity index is 164. The maximum Gasteiger partial charge on any atom is 0.319 e. The van der Waals surface area contributed by atoms with Crippen molar-refractivity contribution in [3.05, 3.63) is 0 Å². The van der Waals surface area contributed by atoms with Crippen LogP contribution in [0.25, 0.3) is 0 Å². The van der Waals surface area contributed by atoms with Crippen LogP contribution in [0, 0.1) is 5.92 Å². The molecule has 1 rings (SSSR count). The second-order valence-electron chi connectivity index (χ2n) is 3.85. The lowest BCUT2D eigenvalue weighted by atomic mass is 9.85. The maximum absolute atomic E-state index is 11.4. The fraction of sp³-hybridized carbons (Fsp3) is 0.889. The van der Waals surface area contributed by atoms with E-state index >= 15 is 0 Å². The van der Waals surface area contributed by atoms with Gasteiger partial charge in [-0.1, -0.05) is 6.42 Å². The number of urea groups is 1. The summed E-state index contributed by atoms with van der Waals surface area (Å²) in [5.41, 5.74) is 0. The molecule has 2 amide bonds. The first-order valence-corrected chi connectivity index (χ1v) is 4.53. The van der Waals surface area contributed by atoms with E-state index in [4.69, 9.17) is 0 Å². The minimum absolute atomic E-state index is 0.113. The Morgan fingerprint density at radius 1 is 1.33 bits per heavy atom. The molecule has 12 heavy (non-hydrogen) atoms. The average molecular weight is 170 g/mol. The van der Waals surface area contributed by atoms with Crippen molar-refractivity contribution in [2.24, 2.45) is 5.92 Å². The van der Waals surface area contributed by atoms with Gasteiger partial charge in [-0.3, -0.25) is 0 Å². The molecular formula is C9H18N2O. The Labute approximate surface area is 74.3 Å². The molecule has 1 aliphatic carbocycles. The Morgan fingerprint density at radius 2 is 1.92 bits per heavy atom. The predicted molar refractivity (Wildman–Crippen MR) is 49.1 cm³/mol. The van der Waals surface area contributed by atoms with Crippen LogP contribution in [-0.2, 0) is 0 Å². The third kappa shape index (κ3) is 2.13. The summed E-state index contributed by atoms with van der Waals surface area (Å²) in [5, 5.41) is 0. The fourth-order valence-corrected chi connectivity index (χ4v) is 1.48. The van der Waals surface area contributed by atoms with E-state index in [-0.39, 0.29) is 6.03 Å². The van der Waals surface area contributed by atoms with Gasteiger partial charge in [0, 0.05) is 27.7 Å². The van der Waals surface area contributed by atoms with Gasteiger partial charge < -0.3 is 9.80 Å². The summed E-state index contributed by atoms with van der Waals surface area (Å²) in [6.07, 6.45) is 3.94. The summed E-state index contributed by atoms with van der Waals surface area (Å²) < 4.78 is 0. The molecule has 0 aromatic heterocycles. The molecule has 0 aliphatic heterocycles. The van der Waals surface area contributed by atoms with Crippen LogP contribution in [0.1, 0.15) is 19.3 Å². The molecule has 0 unspecified atom stereocenters. The second-order valence-corrected chi connectivity index (χ2v) is 3.85. The number of carbonyl (C=O) groups is 1. The highest BCUT2D eigenvalue weighted by molar-refractivity contribution is 5.73. The monoisotopic (exact) mass is 170 g/mol. The lowest BCUT2D eigenvalue weighted by Gasteiger charge is -2.31. The van der Waals surface area contributed by atoms with Gasteiger partial charge in [0.05, 0.1) is 0 Å². The molecule has 1 aliphatic rings. The van der Waals surface area contributed by atoms with E-state index in [1.54, 1.807) is 19.0 Å². The molecule has 1 saturated carbocycles. The summed E-state index contributed by atoms with van der Waals surface area (Å²) in [6, 6.07) is 0.113. The van der Waals surface area contributed by atoms with Crippen molar-refractivity contribution < 1.29 is 4.79 Å². The summed E-state index contributed by atoms with van der Waals surface area (Å²) in [7, 11) is 5.46. The highest BCUT2D eigenvalue weighted by atomic mass is 16.2. The Kier molecular flexibility index (Phi) is 2.95. The first-order chi connectivity index (χ1) is 5.61. The van der Waals surface area contributed by atoms with Crippen LogP contribution in [0.15, 0.2) is 0 Å². The summed E-state index contributed by atoms with van der Waals surface area (Å²) in [4.78, 5) is 14.8. The van der Waals surface area contributed by atoms with Crippen molar-refractivity contribution >= 4 is 6.03 Å². The molecular weight excluding hydrogens is 152 g/mol. The van der Waals surface area contributed by atoms with Gasteiger partial charge >= 0.3 is 6.03 Å². The third-order valence-electron chi connectivity index (χ3n) is 2.47. The topological polar surface area (TPSA) is 23.6 Å². The molecule has 0 aromatic carbocycles. The first kappa shape index (κ1) is 9.36. The van der Waals surface area contributed by atoms with Crippen LogP contribution < -0.4 is 0 Å². The minimum Gasteiger partial charge on any atom is -0.331 e. The minimum atomic E-state index is 0.113. The van der Waals surface area contributed by atoms with Crippen molar-refractivity contribution in [3.63, 3.8) is 0 Å². The lowest BCUT2D eigenvalue weighted by Crippen LogP contribution is -2.40. The van der Waals surface area contributed by atoms with Crippen LogP contribution in [0.2, 0.25) is 0 Å². The molecule has 1 fully saturated rings. The Hall–Kier alpha value is -0.730. The third-order valence-corrected chi connectivity index (χ3v) is 2.47. The summed E-state index contributed by atoms with van der Waals surface area (Å²) in [6.45, 7) is 0.928. The number of rotatable bonds is 2. The molecule has 0 atom stereocenters. The van der Waals surface area contributed by atoms with Gasteiger partial charge in [-0.25, -0.2) is 4.79 Å². The number of carbonyl (C=O) groups excluding carboxylic acids is 1. The summed E-state index contributed by atoms with van der Waals surface area (Å²) >= 11 is 0. The number of hydrogen-bond donors (Lipinski definition) is 0. The van der Waals surface area contributed by atoms with Gasteiger partial charge in [0.15, 0.2) is 0 Å². The molecule has 70 valence electrons. The molecule has 3 nitrogen and oxygen atoms in total. The van der Waals surface area contributed by atoms with Crippen molar-refractivity contribution in [1.29, 1.82) is 0 Å². The molecule has 0 heterocycles. The van der Waals surface area contributed by atoms with Gasteiger partial charge in [0.1, 0.15) is 0 Å². The molecule has 3 heteroatoms. The Balaban J connectivity index is 2.26. The quantitative estimate of drug-likeness (QED) is 0.614. The van der Waals surface area contributed by atoms with E-state index in [9.17, 15) is 4.79 Å². The number of amides is 2. The van der Waals surface area contributed by atoms with Crippen molar-refractivity contribution in [2.75, 3.05) is 27.7 Å². The highest BCUT2D eigenvalue weighted by Gasteiger charge is 2.21. The van der Waals surface area contributed by atoms with Crippen molar-refractivity contribution in [1.82, 2.24) is 9.80 Å². The zero-order valence-electron chi connectivity index (χ0n) is 8.21. The van der Waals surface area contributed by atoms with Crippen LogP contribution in [-0.4, -0.2) is 43.5 Å². The second kappa shape index (κ2) is 3.78. The maximum atomic E-state index is 11.4. The van der Waals surface area contributed by atoms with E-state index in [2.05, 4.69) is 0 Å². The van der Waals surface area contributed by atoms with Gasteiger partial charge in [-0.05, 0) is 18.8 Å². The predicted octanol–water partition coefficient (Wildman–Crippen LogP) is 1.40. The lowest BCUT2D eigenvalue weighted by molar-refractivity contribution is 0.160. The molecule has 0 saturated heterocycles. The zero-order valence-corrected chi connectivity index (χ0v) is 8.21. The van der Waals surface area contributed by atoms with Crippen LogP contribution in [0.3, 0.4) is 0 Å². The standard InChI is InChI=1S/C9H18N2O/c1-10(2)9(12)11(3)7-8-5-4-6-8/h8H,4-7H2,1-3H3. The van der Waals surface area contributed by atoms with E-state index < -0.39 is 0 Å².